The molecule has 0 aliphatic carbocycles. The number of carbonyl (C=O) groups excluding carboxylic acids is 2. The first-order chi connectivity index (χ1) is 13.2. The zero-order valence-corrected chi connectivity index (χ0v) is 17.0. The fraction of sp³-hybridized carbons (Fsp3) is 0.263. The normalized spacial score (nSPS) is 11.1. The zero-order chi connectivity index (χ0) is 20.9. The summed E-state index contributed by atoms with van der Waals surface area (Å²) < 4.78 is 23.7. The van der Waals surface area contributed by atoms with E-state index in [4.69, 9.17) is 0 Å². The van der Waals surface area contributed by atoms with Crippen LogP contribution >= 0.6 is 0 Å². The summed E-state index contributed by atoms with van der Waals surface area (Å²) in [6.45, 7) is 3.72. The standard InChI is InChI=1S/C19H23N3O5S/c1-13-6-5-7-17(14(13)2)20-18(23)12-22(3)19(24)15-8-10-16(11-9-15)28(25,26)21-27-4/h5-11,21H,12H2,1-4H3,(H,20,23). The minimum Gasteiger partial charge on any atom is -0.332 e. The van der Waals surface area contributed by atoms with Crippen LogP contribution in [0.2, 0.25) is 0 Å². The predicted molar refractivity (Wildman–Crippen MR) is 105 cm³/mol. The minimum atomic E-state index is -3.80. The Kier molecular flexibility index (Phi) is 6.90. The van der Waals surface area contributed by atoms with E-state index in [9.17, 15) is 18.0 Å². The Morgan fingerprint density at radius 1 is 1.07 bits per heavy atom. The van der Waals surface area contributed by atoms with Crippen LogP contribution < -0.4 is 10.2 Å². The molecule has 2 aromatic rings. The van der Waals surface area contributed by atoms with E-state index in [-0.39, 0.29) is 22.9 Å². The highest BCUT2D eigenvalue weighted by atomic mass is 32.2. The molecule has 2 rings (SSSR count). The quantitative estimate of drug-likeness (QED) is 0.684. The summed E-state index contributed by atoms with van der Waals surface area (Å²) in [6, 6.07) is 10.9. The van der Waals surface area contributed by atoms with Crippen LogP contribution in [0.3, 0.4) is 0 Å². The molecular weight excluding hydrogens is 382 g/mol. The van der Waals surface area contributed by atoms with Gasteiger partial charge in [0, 0.05) is 18.3 Å². The third kappa shape index (κ3) is 5.16. The zero-order valence-electron chi connectivity index (χ0n) is 16.1. The molecule has 0 radical (unpaired) electrons. The monoisotopic (exact) mass is 405 g/mol. The molecule has 0 spiro atoms. The van der Waals surface area contributed by atoms with Crippen molar-refractivity contribution >= 4 is 27.5 Å². The number of benzene rings is 2. The number of nitrogens with zero attached hydrogens (tertiary/aromatic N) is 1. The second kappa shape index (κ2) is 8.96. The minimum absolute atomic E-state index is 0.0405. The van der Waals surface area contributed by atoms with E-state index < -0.39 is 15.9 Å². The lowest BCUT2D eigenvalue weighted by Gasteiger charge is -2.18. The molecule has 0 saturated heterocycles. The van der Waals surface area contributed by atoms with Gasteiger partial charge in [0.15, 0.2) is 0 Å². The molecular formula is C19H23N3O5S. The lowest BCUT2D eigenvalue weighted by molar-refractivity contribution is -0.116. The Bertz CT molecular complexity index is 972. The number of aryl methyl sites for hydroxylation is 1. The van der Waals surface area contributed by atoms with Crippen LogP contribution in [0.25, 0.3) is 0 Å². The third-order valence-corrected chi connectivity index (χ3v) is 5.49. The van der Waals surface area contributed by atoms with Gasteiger partial charge in [0.1, 0.15) is 0 Å². The first-order valence-corrected chi connectivity index (χ1v) is 9.90. The lowest BCUT2D eigenvalue weighted by atomic mass is 10.1. The molecule has 9 heteroatoms. The summed E-state index contributed by atoms with van der Waals surface area (Å²) in [5.74, 6) is -0.729. The maximum absolute atomic E-state index is 12.5. The van der Waals surface area contributed by atoms with Crippen molar-refractivity contribution in [3.8, 4) is 0 Å². The van der Waals surface area contributed by atoms with Crippen molar-refractivity contribution in [3.63, 3.8) is 0 Å². The maximum Gasteiger partial charge on any atom is 0.262 e. The molecule has 0 unspecified atom stereocenters. The molecule has 0 aromatic heterocycles. The Morgan fingerprint density at radius 3 is 2.32 bits per heavy atom. The molecule has 8 nitrogen and oxygen atoms in total. The number of anilines is 1. The fourth-order valence-electron chi connectivity index (χ4n) is 2.52. The topological polar surface area (TPSA) is 105 Å². The SMILES string of the molecule is CONS(=O)(=O)c1ccc(C(=O)N(C)CC(=O)Nc2cccc(C)c2C)cc1. The number of carbonyl (C=O) groups is 2. The van der Waals surface area contributed by atoms with E-state index in [2.05, 4.69) is 10.2 Å². The number of hydrogen-bond acceptors (Lipinski definition) is 5. The molecule has 0 aliphatic rings. The van der Waals surface area contributed by atoms with Crippen molar-refractivity contribution in [2.24, 2.45) is 0 Å². The first-order valence-electron chi connectivity index (χ1n) is 8.42. The smallest absolute Gasteiger partial charge is 0.262 e. The van der Waals surface area contributed by atoms with Gasteiger partial charge in [-0.2, -0.15) is 0 Å². The Balaban J connectivity index is 2.04. The van der Waals surface area contributed by atoms with Crippen LogP contribution in [0, 0.1) is 13.8 Å². The van der Waals surface area contributed by atoms with Crippen LogP contribution in [0.1, 0.15) is 21.5 Å². The number of nitrogens with one attached hydrogen (secondary N) is 2. The molecule has 0 bridgehead atoms. The first kappa shape index (κ1) is 21.5. The van der Waals surface area contributed by atoms with Crippen LogP contribution in [-0.2, 0) is 19.7 Å². The highest BCUT2D eigenvalue weighted by molar-refractivity contribution is 7.89. The molecule has 0 heterocycles. The van der Waals surface area contributed by atoms with Gasteiger partial charge in [0.2, 0.25) is 5.91 Å². The molecule has 0 fully saturated rings. The molecule has 150 valence electrons. The summed E-state index contributed by atoms with van der Waals surface area (Å²) >= 11 is 0. The molecule has 2 N–H and O–H groups in total. The Labute approximate surface area is 164 Å². The van der Waals surface area contributed by atoms with Crippen molar-refractivity contribution in [2.45, 2.75) is 18.7 Å². The van der Waals surface area contributed by atoms with E-state index in [1.54, 1.807) is 6.07 Å². The van der Waals surface area contributed by atoms with E-state index >= 15 is 0 Å². The maximum atomic E-state index is 12.5. The van der Waals surface area contributed by atoms with Gasteiger partial charge in [-0.15, -0.1) is 0 Å². The predicted octanol–water partition coefficient (Wildman–Crippen LogP) is 1.85. The van der Waals surface area contributed by atoms with Crippen molar-refractivity contribution in [1.29, 1.82) is 0 Å². The molecule has 0 atom stereocenters. The van der Waals surface area contributed by atoms with Gasteiger partial charge >= 0.3 is 0 Å². The van der Waals surface area contributed by atoms with E-state index in [0.717, 1.165) is 11.1 Å². The fourth-order valence-corrected chi connectivity index (χ4v) is 3.33. The Morgan fingerprint density at radius 2 is 1.71 bits per heavy atom. The number of sulfonamides is 1. The number of rotatable bonds is 7. The largest absolute Gasteiger partial charge is 0.332 e. The number of likely N-dealkylation sites (N-methyl/N-ethyl adjacent to an activating group) is 1. The molecule has 2 amide bonds. The van der Waals surface area contributed by atoms with Crippen molar-refractivity contribution in [1.82, 2.24) is 9.79 Å². The highest BCUT2D eigenvalue weighted by Gasteiger charge is 2.18. The third-order valence-electron chi connectivity index (χ3n) is 4.21. The van der Waals surface area contributed by atoms with Crippen LogP contribution in [-0.4, -0.2) is 45.8 Å². The summed E-state index contributed by atoms with van der Waals surface area (Å²) in [4.78, 5) is 32.3. The summed E-state index contributed by atoms with van der Waals surface area (Å²) in [7, 11) is -1.11. The van der Waals surface area contributed by atoms with Crippen molar-refractivity contribution < 1.29 is 22.8 Å². The van der Waals surface area contributed by atoms with Gasteiger partial charge in [-0.05, 0) is 55.3 Å². The van der Waals surface area contributed by atoms with E-state index in [1.165, 1.54) is 43.3 Å². The highest BCUT2D eigenvalue weighted by Crippen LogP contribution is 2.18. The van der Waals surface area contributed by atoms with Crippen molar-refractivity contribution in [2.75, 3.05) is 26.0 Å². The average Bonchev–Trinajstić information content (AvgIpc) is 2.65. The second-order valence-corrected chi connectivity index (χ2v) is 7.92. The van der Waals surface area contributed by atoms with Crippen LogP contribution in [0.15, 0.2) is 47.4 Å². The van der Waals surface area contributed by atoms with Crippen LogP contribution in [0.5, 0.6) is 0 Å². The lowest BCUT2D eigenvalue weighted by Crippen LogP contribution is -2.35. The van der Waals surface area contributed by atoms with Gasteiger partial charge in [-0.3, -0.25) is 14.4 Å². The molecule has 28 heavy (non-hydrogen) atoms. The van der Waals surface area contributed by atoms with Crippen LogP contribution in [0.4, 0.5) is 5.69 Å². The second-order valence-electron chi connectivity index (χ2n) is 6.27. The summed E-state index contributed by atoms with van der Waals surface area (Å²) in [5.41, 5.74) is 2.98. The van der Waals surface area contributed by atoms with E-state index in [0.29, 0.717) is 5.69 Å². The van der Waals surface area contributed by atoms with Gasteiger partial charge < -0.3 is 10.2 Å². The van der Waals surface area contributed by atoms with Gasteiger partial charge in [0.25, 0.3) is 15.9 Å². The number of hydrogen-bond donors (Lipinski definition) is 2. The van der Waals surface area contributed by atoms with Crippen molar-refractivity contribution in [3.05, 3.63) is 59.2 Å². The molecule has 2 aromatic carbocycles. The van der Waals surface area contributed by atoms with Gasteiger partial charge in [0.05, 0.1) is 18.6 Å². The Hall–Kier alpha value is -2.75. The summed E-state index contributed by atoms with van der Waals surface area (Å²) in [5, 5.41) is 2.80. The number of amides is 2. The van der Waals surface area contributed by atoms with Gasteiger partial charge in [-0.1, -0.05) is 17.0 Å². The van der Waals surface area contributed by atoms with Gasteiger partial charge in [-0.25, -0.2) is 8.42 Å². The van der Waals surface area contributed by atoms with E-state index in [1.807, 2.05) is 30.9 Å². The average molecular weight is 405 g/mol. The molecule has 0 aliphatic heterocycles. The summed E-state index contributed by atoms with van der Waals surface area (Å²) in [6.07, 6.45) is 0. The molecule has 0 saturated carbocycles.